The predicted molar refractivity (Wildman–Crippen MR) is 126 cm³/mol. The van der Waals surface area contributed by atoms with E-state index in [0.717, 1.165) is 38.7 Å². The molecule has 4 aromatic carbocycles. The van der Waals surface area contributed by atoms with E-state index in [4.69, 9.17) is 9.72 Å². The highest BCUT2D eigenvalue weighted by atomic mass is 16.5. The minimum absolute atomic E-state index is 0.516. The number of rotatable bonds is 5. The van der Waals surface area contributed by atoms with Crippen LogP contribution in [0.1, 0.15) is 11.1 Å². The quantitative estimate of drug-likeness (QED) is 0.296. The first kappa shape index (κ1) is 18.1. The number of ether oxygens (including phenoxy) is 1. The van der Waals surface area contributed by atoms with E-state index >= 15 is 0 Å². The Morgan fingerprint density at radius 3 is 2.27 bits per heavy atom. The first-order chi connectivity index (χ1) is 14.8. The molecule has 144 valence electrons. The summed E-state index contributed by atoms with van der Waals surface area (Å²) in [5.74, 6) is 0.817. The Hall–Kier alpha value is -3.91. The second-order valence-electron chi connectivity index (χ2n) is 7.28. The van der Waals surface area contributed by atoms with Crippen LogP contribution in [0, 0.1) is 0 Å². The maximum Gasteiger partial charge on any atom is 0.122 e. The number of fused-ring (bicyclic) bond motifs is 2. The molecule has 0 N–H and O–H groups in total. The monoisotopic (exact) mass is 387 g/mol. The highest BCUT2D eigenvalue weighted by Gasteiger charge is 2.11. The molecule has 0 unspecified atom stereocenters. The van der Waals surface area contributed by atoms with Crippen LogP contribution in [0.2, 0.25) is 0 Å². The molecule has 1 aromatic heterocycles. The summed E-state index contributed by atoms with van der Waals surface area (Å²) in [7, 11) is 0. The summed E-state index contributed by atoms with van der Waals surface area (Å²) >= 11 is 0. The fraction of sp³-hybridized carbons (Fsp3) is 0.0357. The Balaban J connectivity index is 1.56. The number of pyridine rings is 1. The van der Waals surface area contributed by atoms with Crippen LogP contribution in [0.25, 0.3) is 39.0 Å². The summed E-state index contributed by atoms with van der Waals surface area (Å²) in [5.41, 5.74) is 6.55. The lowest BCUT2D eigenvalue weighted by atomic mass is 9.96. The van der Waals surface area contributed by atoms with Gasteiger partial charge in [-0.25, -0.2) is 4.98 Å². The van der Waals surface area contributed by atoms with Gasteiger partial charge in [-0.3, -0.25) is 0 Å². The third-order valence-corrected chi connectivity index (χ3v) is 5.34. The number of hydrogen-bond donors (Lipinski definition) is 0. The molecule has 0 spiro atoms. The van der Waals surface area contributed by atoms with Gasteiger partial charge in [0.15, 0.2) is 0 Å². The maximum absolute atomic E-state index is 6.07. The third kappa shape index (κ3) is 3.44. The van der Waals surface area contributed by atoms with Crippen molar-refractivity contribution in [3.63, 3.8) is 0 Å². The van der Waals surface area contributed by atoms with Gasteiger partial charge in [0, 0.05) is 22.4 Å². The van der Waals surface area contributed by atoms with Crippen molar-refractivity contribution >= 4 is 27.9 Å². The van der Waals surface area contributed by atoms with Crippen LogP contribution >= 0.6 is 0 Å². The second-order valence-corrected chi connectivity index (χ2v) is 7.28. The van der Waals surface area contributed by atoms with Gasteiger partial charge in [-0.1, -0.05) is 85.5 Å². The second kappa shape index (κ2) is 7.84. The molecule has 0 bridgehead atoms. The van der Waals surface area contributed by atoms with E-state index in [9.17, 15) is 0 Å². The summed E-state index contributed by atoms with van der Waals surface area (Å²) in [4.78, 5) is 4.91. The molecule has 0 atom stereocenters. The molecular weight excluding hydrogens is 366 g/mol. The predicted octanol–water partition coefficient (Wildman–Crippen LogP) is 7.28. The molecule has 0 saturated heterocycles. The van der Waals surface area contributed by atoms with E-state index in [1.807, 2.05) is 42.5 Å². The molecule has 0 amide bonds. The minimum atomic E-state index is 0.516. The van der Waals surface area contributed by atoms with Gasteiger partial charge in [0.25, 0.3) is 0 Å². The Morgan fingerprint density at radius 1 is 0.733 bits per heavy atom. The zero-order valence-corrected chi connectivity index (χ0v) is 16.6. The van der Waals surface area contributed by atoms with E-state index in [1.165, 1.54) is 11.1 Å². The van der Waals surface area contributed by atoms with Crippen LogP contribution in [0.5, 0.6) is 5.75 Å². The van der Waals surface area contributed by atoms with Crippen molar-refractivity contribution in [3.8, 4) is 16.9 Å². The van der Waals surface area contributed by atoms with Gasteiger partial charge in [0.05, 0.1) is 11.0 Å². The molecule has 2 heteroatoms. The van der Waals surface area contributed by atoms with Gasteiger partial charge in [-0.15, -0.1) is 0 Å². The van der Waals surface area contributed by atoms with Gasteiger partial charge >= 0.3 is 0 Å². The summed E-state index contributed by atoms with van der Waals surface area (Å²) in [5, 5.41) is 2.29. The normalized spacial score (nSPS) is 10.9. The first-order valence-electron chi connectivity index (χ1n) is 10.0. The molecule has 1 heterocycles. The first-order valence-corrected chi connectivity index (χ1v) is 10.0. The topological polar surface area (TPSA) is 22.1 Å². The van der Waals surface area contributed by atoms with Crippen LogP contribution in [0.15, 0.2) is 104 Å². The third-order valence-electron chi connectivity index (χ3n) is 5.34. The number of para-hydroxylation sites is 1. The summed E-state index contributed by atoms with van der Waals surface area (Å²) in [6.45, 7) is 4.31. The molecule has 0 aliphatic carbocycles. The van der Waals surface area contributed by atoms with Gasteiger partial charge in [0.1, 0.15) is 12.4 Å². The summed E-state index contributed by atoms with van der Waals surface area (Å²) < 4.78 is 6.07. The lowest BCUT2D eigenvalue weighted by Gasteiger charge is -2.13. The van der Waals surface area contributed by atoms with Crippen molar-refractivity contribution in [1.82, 2.24) is 4.98 Å². The molecule has 0 aliphatic rings. The Morgan fingerprint density at radius 2 is 1.47 bits per heavy atom. The molecule has 30 heavy (non-hydrogen) atoms. The van der Waals surface area contributed by atoms with Crippen LogP contribution in [0.4, 0.5) is 0 Å². The number of benzene rings is 4. The van der Waals surface area contributed by atoms with Crippen molar-refractivity contribution < 1.29 is 4.74 Å². The van der Waals surface area contributed by atoms with Gasteiger partial charge in [0.2, 0.25) is 0 Å². The summed E-state index contributed by atoms with van der Waals surface area (Å²) in [6, 6.07) is 33.2. The van der Waals surface area contributed by atoms with Crippen molar-refractivity contribution in [3.05, 3.63) is 115 Å². The van der Waals surface area contributed by atoms with Gasteiger partial charge < -0.3 is 4.74 Å². The van der Waals surface area contributed by atoms with Crippen LogP contribution in [-0.4, -0.2) is 4.98 Å². The Labute approximate surface area is 176 Å². The molecule has 0 fully saturated rings. The number of hydrogen-bond acceptors (Lipinski definition) is 2. The largest absolute Gasteiger partial charge is 0.489 e. The zero-order chi connectivity index (χ0) is 20.3. The van der Waals surface area contributed by atoms with Crippen molar-refractivity contribution in [2.24, 2.45) is 0 Å². The molecule has 2 nitrogen and oxygen atoms in total. The van der Waals surface area contributed by atoms with Crippen molar-refractivity contribution in [1.29, 1.82) is 0 Å². The SMILES string of the molecule is C=Cc1ccc(COc2ccc3c(-c4ccccc4)c4ccccc4nc3c2)cc1. The van der Waals surface area contributed by atoms with E-state index in [-0.39, 0.29) is 0 Å². The number of aromatic nitrogens is 1. The molecule has 5 rings (SSSR count). The molecule has 5 aromatic rings. The maximum atomic E-state index is 6.07. The molecule has 0 radical (unpaired) electrons. The van der Waals surface area contributed by atoms with E-state index in [2.05, 4.69) is 67.2 Å². The van der Waals surface area contributed by atoms with Crippen molar-refractivity contribution in [2.45, 2.75) is 6.61 Å². The fourth-order valence-electron chi connectivity index (χ4n) is 3.79. The summed E-state index contributed by atoms with van der Waals surface area (Å²) in [6.07, 6.45) is 1.84. The zero-order valence-electron chi connectivity index (χ0n) is 16.6. The molecule has 0 saturated carbocycles. The van der Waals surface area contributed by atoms with Gasteiger partial charge in [-0.05, 0) is 34.9 Å². The van der Waals surface area contributed by atoms with E-state index in [1.54, 1.807) is 0 Å². The Bertz CT molecular complexity index is 1340. The minimum Gasteiger partial charge on any atom is -0.489 e. The van der Waals surface area contributed by atoms with Gasteiger partial charge in [-0.2, -0.15) is 0 Å². The highest BCUT2D eigenvalue weighted by molar-refractivity contribution is 6.09. The van der Waals surface area contributed by atoms with E-state index < -0.39 is 0 Å². The Kier molecular flexibility index (Phi) is 4.74. The highest BCUT2D eigenvalue weighted by Crippen LogP contribution is 2.36. The fourth-order valence-corrected chi connectivity index (χ4v) is 3.79. The average Bonchev–Trinajstić information content (AvgIpc) is 2.82. The smallest absolute Gasteiger partial charge is 0.122 e. The lowest BCUT2D eigenvalue weighted by Crippen LogP contribution is -1.96. The molecule has 0 aliphatic heterocycles. The van der Waals surface area contributed by atoms with Crippen molar-refractivity contribution in [2.75, 3.05) is 0 Å². The number of nitrogens with zero attached hydrogens (tertiary/aromatic N) is 1. The van der Waals surface area contributed by atoms with Crippen LogP contribution in [0.3, 0.4) is 0 Å². The lowest BCUT2D eigenvalue weighted by molar-refractivity contribution is 0.306. The van der Waals surface area contributed by atoms with Crippen LogP contribution < -0.4 is 4.74 Å². The van der Waals surface area contributed by atoms with Crippen LogP contribution in [-0.2, 0) is 6.61 Å². The molecular formula is C28H21NO. The standard InChI is InChI=1S/C28H21NO/c1-2-20-12-14-21(15-13-20)19-30-23-16-17-25-27(18-23)29-26-11-7-6-10-24(26)28(25)22-8-4-3-5-9-22/h2-18H,1,19H2. The average molecular weight is 387 g/mol. The van der Waals surface area contributed by atoms with E-state index in [0.29, 0.717) is 6.61 Å².